The van der Waals surface area contributed by atoms with Gasteiger partial charge in [0.05, 0.1) is 16.6 Å². The summed E-state index contributed by atoms with van der Waals surface area (Å²) in [6.07, 6.45) is 3.14. The summed E-state index contributed by atoms with van der Waals surface area (Å²) in [5.74, 6) is 0.285. The summed E-state index contributed by atoms with van der Waals surface area (Å²) < 4.78 is 0. The molecule has 6 nitrogen and oxygen atoms in total. The molecule has 31 heavy (non-hydrogen) atoms. The Kier molecular flexibility index (Phi) is 5.30. The van der Waals surface area contributed by atoms with E-state index in [4.69, 9.17) is 0 Å². The Morgan fingerprint density at radius 3 is 2.74 bits per heavy atom. The van der Waals surface area contributed by atoms with Gasteiger partial charge < -0.3 is 20.7 Å². The van der Waals surface area contributed by atoms with E-state index in [9.17, 15) is 9.90 Å². The highest BCUT2D eigenvalue weighted by atomic mass is 16.4. The van der Waals surface area contributed by atoms with Crippen molar-refractivity contribution in [1.29, 1.82) is 0 Å². The largest absolute Gasteiger partial charge is 0.478 e. The van der Waals surface area contributed by atoms with E-state index in [0.29, 0.717) is 17.4 Å². The molecule has 1 fully saturated rings. The zero-order valence-corrected chi connectivity index (χ0v) is 17.3. The smallest absolute Gasteiger partial charge is 0.335 e. The number of hydrogen-bond donors (Lipinski definition) is 4. The number of nitrogens with one attached hydrogen (secondary N) is 3. The second-order valence-electron chi connectivity index (χ2n) is 8.30. The Bertz CT molecular complexity index is 1220. The number of benzene rings is 3. The van der Waals surface area contributed by atoms with Gasteiger partial charge in [0, 0.05) is 6.04 Å². The molecule has 0 amide bonds. The van der Waals surface area contributed by atoms with Gasteiger partial charge in [-0.3, -0.25) is 0 Å². The van der Waals surface area contributed by atoms with Crippen molar-refractivity contribution in [3.63, 3.8) is 0 Å². The Morgan fingerprint density at radius 1 is 1.10 bits per heavy atom. The van der Waals surface area contributed by atoms with E-state index in [2.05, 4.69) is 63.1 Å². The minimum atomic E-state index is -0.942. The van der Waals surface area contributed by atoms with Gasteiger partial charge in [0.25, 0.3) is 0 Å². The van der Waals surface area contributed by atoms with Crippen LogP contribution < -0.4 is 10.6 Å². The fourth-order valence-corrected chi connectivity index (χ4v) is 4.67. The van der Waals surface area contributed by atoms with Crippen LogP contribution in [0.1, 0.15) is 28.8 Å². The van der Waals surface area contributed by atoms with Crippen molar-refractivity contribution in [3.8, 4) is 0 Å². The fraction of sp³-hybridized carbons (Fsp3) is 0.280. The van der Waals surface area contributed by atoms with Crippen molar-refractivity contribution in [1.82, 2.24) is 15.3 Å². The minimum absolute atomic E-state index is 0.229. The molecule has 1 atom stereocenters. The topological polar surface area (TPSA) is 90.0 Å². The quantitative estimate of drug-likeness (QED) is 0.375. The van der Waals surface area contributed by atoms with Crippen LogP contribution in [-0.2, 0) is 6.42 Å². The highest BCUT2D eigenvalue weighted by molar-refractivity contribution is 5.92. The number of anilines is 1. The summed E-state index contributed by atoms with van der Waals surface area (Å²) in [7, 11) is 0. The van der Waals surface area contributed by atoms with Crippen LogP contribution in [0.4, 0.5) is 5.95 Å². The monoisotopic (exact) mass is 414 g/mol. The Hall–Kier alpha value is -3.38. The minimum Gasteiger partial charge on any atom is -0.478 e. The summed E-state index contributed by atoms with van der Waals surface area (Å²) in [4.78, 5) is 19.3. The van der Waals surface area contributed by atoms with Crippen molar-refractivity contribution in [3.05, 3.63) is 71.8 Å². The van der Waals surface area contributed by atoms with Crippen LogP contribution in [0.5, 0.6) is 0 Å². The van der Waals surface area contributed by atoms with Crippen LogP contribution in [0.25, 0.3) is 21.8 Å². The van der Waals surface area contributed by atoms with Crippen LogP contribution in [-0.4, -0.2) is 40.2 Å². The van der Waals surface area contributed by atoms with E-state index in [1.807, 2.05) is 0 Å². The first-order valence-corrected chi connectivity index (χ1v) is 10.8. The summed E-state index contributed by atoms with van der Waals surface area (Å²) in [5.41, 5.74) is 3.08. The molecule has 2 heterocycles. The summed E-state index contributed by atoms with van der Waals surface area (Å²) in [6.45, 7) is 2.06. The number of rotatable bonds is 6. The maximum Gasteiger partial charge on any atom is 0.335 e. The Morgan fingerprint density at radius 2 is 1.90 bits per heavy atom. The normalized spacial score (nSPS) is 15.9. The number of aromatic carboxylic acids is 1. The zero-order valence-electron chi connectivity index (χ0n) is 17.3. The number of carboxylic acid groups (broad SMARTS) is 1. The summed E-state index contributed by atoms with van der Waals surface area (Å²) in [6, 6.07) is 20.3. The molecular formula is C25H26N4O2. The third kappa shape index (κ3) is 4.11. The molecule has 5 rings (SSSR count). The zero-order chi connectivity index (χ0) is 21.2. The summed E-state index contributed by atoms with van der Waals surface area (Å²) in [5, 5.41) is 18.9. The number of carboxylic acids is 1. The van der Waals surface area contributed by atoms with Crippen LogP contribution in [0.2, 0.25) is 0 Å². The first kappa shape index (κ1) is 19.6. The van der Waals surface area contributed by atoms with Crippen molar-refractivity contribution >= 4 is 33.7 Å². The lowest BCUT2D eigenvalue weighted by Gasteiger charge is -2.31. The van der Waals surface area contributed by atoms with E-state index in [-0.39, 0.29) is 11.6 Å². The molecule has 3 aromatic carbocycles. The van der Waals surface area contributed by atoms with Crippen molar-refractivity contribution < 1.29 is 9.90 Å². The van der Waals surface area contributed by atoms with Crippen LogP contribution in [0, 0.1) is 5.92 Å². The van der Waals surface area contributed by atoms with Gasteiger partial charge in [0.2, 0.25) is 5.95 Å². The molecular weight excluding hydrogens is 388 g/mol. The number of hydrogen-bond acceptors (Lipinski definition) is 4. The molecule has 1 aliphatic heterocycles. The van der Waals surface area contributed by atoms with E-state index in [0.717, 1.165) is 37.9 Å². The molecule has 0 aliphatic carbocycles. The highest BCUT2D eigenvalue weighted by Gasteiger charge is 2.25. The molecule has 0 saturated carbocycles. The van der Waals surface area contributed by atoms with Gasteiger partial charge in [0.1, 0.15) is 0 Å². The van der Waals surface area contributed by atoms with Crippen molar-refractivity contribution in [2.45, 2.75) is 25.3 Å². The average Bonchev–Trinajstić information content (AvgIpc) is 3.21. The molecule has 1 aromatic heterocycles. The molecule has 0 bridgehead atoms. The second-order valence-corrected chi connectivity index (χ2v) is 8.30. The number of aromatic nitrogens is 2. The molecule has 4 aromatic rings. The molecule has 1 saturated heterocycles. The first-order chi connectivity index (χ1) is 15.2. The third-order valence-electron chi connectivity index (χ3n) is 6.32. The van der Waals surface area contributed by atoms with E-state index >= 15 is 0 Å². The molecule has 158 valence electrons. The Balaban J connectivity index is 1.46. The number of H-pyrrole nitrogens is 1. The lowest BCUT2D eigenvalue weighted by molar-refractivity contribution is 0.0697. The predicted octanol–water partition coefficient (Wildman–Crippen LogP) is 4.44. The predicted molar refractivity (Wildman–Crippen MR) is 124 cm³/mol. The maximum absolute atomic E-state index is 11.3. The van der Waals surface area contributed by atoms with Crippen LogP contribution >= 0.6 is 0 Å². The van der Waals surface area contributed by atoms with Gasteiger partial charge in [0.15, 0.2) is 0 Å². The van der Waals surface area contributed by atoms with Crippen molar-refractivity contribution in [2.24, 2.45) is 5.92 Å². The van der Waals surface area contributed by atoms with Crippen LogP contribution in [0.3, 0.4) is 0 Å². The molecule has 6 heteroatoms. The molecule has 0 radical (unpaired) electrons. The molecule has 1 aliphatic rings. The number of carbonyl (C=O) groups is 1. The van der Waals surface area contributed by atoms with Gasteiger partial charge in [-0.05, 0) is 72.8 Å². The second kappa shape index (κ2) is 8.40. The van der Waals surface area contributed by atoms with Gasteiger partial charge >= 0.3 is 5.97 Å². The van der Waals surface area contributed by atoms with Crippen LogP contribution in [0.15, 0.2) is 60.7 Å². The van der Waals surface area contributed by atoms with Gasteiger partial charge in [-0.1, -0.05) is 42.5 Å². The number of nitrogens with zero attached hydrogens (tertiary/aromatic N) is 1. The number of aromatic amines is 1. The summed E-state index contributed by atoms with van der Waals surface area (Å²) >= 11 is 0. The highest BCUT2D eigenvalue weighted by Crippen LogP contribution is 2.27. The SMILES string of the molecule is O=C(O)c1ccc2[nH]c(NC(Cc3cccc4ccccc34)C3CCNCC3)nc2c1. The van der Waals surface area contributed by atoms with Gasteiger partial charge in [-0.2, -0.15) is 0 Å². The molecule has 0 spiro atoms. The average molecular weight is 415 g/mol. The number of fused-ring (bicyclic) bond motifs is 2. The number of imidazole rings is 1. The lowest BCUT2D eigenvalue weighted by Crippen LogP contribution is -2.39. The standard InChI is InChI=1S/C25H26N4O2/c30-24(31)19-8-9-21-23(15-19)29-25(27-21)28-22(17-10-12-26-13-11-17)14-18-6-3-5-16-4-1-2-7-20(16)18/h1-9,15,17,22,26H,10-14H2,(H,30,31)(H2,27,28,29). The number of piperidine rings is 1. The van der Waals surface area contributed by atoms with Gasteiger partial charge in [-0.25, -0.2) is 9.78 Å². The Labute approximate surface area is 180 Å². The lowest BCUT2D eigenvalue weighted by atomic mass is 9.85. The van der Waals surface area contributed by atoms with E-state index in [1.54, 1.807) is 18.2 Å². The fourth-order valence-electron chi connectivity index (χ4n) is 4.67. The molecule has 4 N–H and O–H groups in total. The third-order valence-corrected chi connectivity index (χ3v) is 6.32. The van der Waals surface area contributed by atoms with Crippen molar-refractivity contribution in [2.75, 3.05) is 18.4 Å². The maximum atomic E-state index is 11.3. The first-order valence-electron chi connectivity index (χ1n) is 10.8. The van der Waals surface area contributed by atoms with E-state index < -0.39 is 5.97 Å². The van der Waals surface area contributed by atoms with E-state index in [1.165, 1.54) is 16.3 Å². The molecule has 1 unspecified atom stereocenters. The van der Waals surface area contributed by atoms with Gasteiger partial charge in [-0.15, -0.1) is 0 Å².